The van der Waals surface area contributed by atoms with Crippen LogP contribution in [0.5, 0.6) is 0 Å². The maximum atomic E-state index is 5.19. The molecule has 4 nitrogen and oxygen atoms in total. The fourth-order valence-corrected chi connectivity index (χ4v) is 8.17. The van der Waals surface area contributed by atoms with Crippen LogP contribution in [-0.4, -0.2) is 19.5 Å². The van der Waals surface area contributed by atoms with Crippen LogP contribution in [0.1, 0.15) is 25.0 Å². The average molecular weight is 667 g/mol. The van der Waals surface area contributed by atoms with Crippen LogP contribution in [0.2, 0.25) is 0 Å². The van der Waals surface area contributed by atoms with Crippen LogP contribution in [0.15, 0.2) is 170 Å². The lowest BCUT2D eigenvalue weighted by Crippen LogP contribution is -2.15. The zero-order valence-electron chi connectivity index (χ0n) is 29.0. The van der Waals surface area contributed by atoms with Crippen molar-refractivity contribution in [3.8, 4) is 62.1 Å². The van der Waals surface area contributed by atoms with E-state index >= 15 is 0 Å². The highest BCUT2D eigenvalue weighted by molar-refractivity contribution is 6.12. The minimum atomic E-state index is -0.127. The Labute approximate surface area is 302 Å². The van der Waals surface area contributed by atoms with Crippen molar-refractivity contribution in [2.45, 2.75) is 19.3 Å². The van der Waals surface area contributed by atoms with Gasteiger partial charge in [0.05, 0.1) is 16.7 Å². The van der Waals surface area contributed by atoms with Gasteiger partial charge in [-0.15, -0.1) is 0 Å². The third-order valence-corrected chi connectivity index (χ3v) is 10.7. The lowest BCUT2D eigenvalue weighted by Gasteiger charge is -2.22. The van der Waals surface area contributed by atoms with Gasteiger partial charge in [-0.1, -0.05) is 159 Å². The summed E-state index contributed by atoms with van der Waals surface area (Å²) in [5.41, 5.74) is 13.7. The molecule has 0 unspecified atom stereocenters. The van der Waals surface area contributed by atoms with Crippen molar-refractivity contribution in [2.75, 3.05) is 0 Å². The van der Waals surface area contributed by atoms with Gasteiger partial charge in [-0.3, -0.25) is 0 Å². The second-order valence-electron chi connectivity index (χ2n) is 14.0. The largest absolute Gasteiger partial charge is 0.309 e. The second kappa shape index (κ2) is 11.7. The first-order valence-electron chi connectivity index (χ1n) is 17.8. The van der Waals surface area contributed by atoms with Crippen molar-refractivity contribution in [1.29, 1.82) is 0 Å². The Morgan fingerprint density at radius 3 is 1.65 bits per heavy atom. The maximum Gasteiger partial charge on any atom is 0.164 e. The van der Waals surface area contributed by atoms with E-state index in [1.807, 2.05) is 36.4 Å². The monoisotopic (exact) mass is 666 g/mol. The molecule has 0 radical (unpaired) electrons. The van der Waals surface area contributed by atoms with Gasteiger partial charge in [0.25, 0.3) is 0 Å². The number of hydrogen-bond acceptors (Lipinski definition) is 3. The van der Waals surface area contributed by atoms with E-state index in [2.05, 4.69) is 152 Å². The van der Waals surface area contributed by atoms with Gasteiger partial charge in [-0.2, -0.15) is 0 Å². The van der Waals surface area contributed by atoms with Gasteiger partial charge in [0.2, 0.25) is 0 Å². The second-order valence-corrected chi connectivity index (χ2v) is 14.0. The first kappa shape index (κ1) is 30.2. The number of rotatable bonds is 5. The molecule has 2 heterocycles. The quantitative estimate of drug-likeness (QED) is 0.184. The molecule has 7 aromatic carbocycles. The summed E-state index contributed by atoms with van der Waals surface area (Å²) in [5, 5.41) is 2.47. The van der Waals surface area contributed by atoms with Crippen LogP contribution in [0, 0.1) is 0 Å². The summed E-state index contributed by atoms with van der Waals surface area (Å²) in [6, 6.07) is 60.0. The molecule has 2 aromatic heterocycles. The molecule has 0 aliphatic heterocycles. The zero-order valence-corrected chi connectivity index (χ0v) is 29.0. The molecule has 0 bridgehead atoms. The molecule has 0 saturated heterocycles. The van der Waals surface area contributed by atoms with E-state index in [9.17, 15) is 0 Å². The molecular formula is C48H34N4. The number of nitrogens with zero attached hydrogens (tertiary/aromatic N) is 4. The fraction of sp³-hybridized carbons (Fsp3) is 0.0625. The van der Waals surface area contributed by atoms with Gasteiger partial charge in [0.1, 0.15) is 0 Å². The Kier molecular flexibility index (Phi) is 6.80. The topological polar surface area (TPSA) is 43.6 Å². The molecule has 10 rings (SSSR count). The molecule has 4 heteroatoms. The van der Waals surface area contributed by atoms with Gasteiger partial charge in [-0.25, -0.2) is 15.0 Å². The number of fused-ring (bicyclic) bond motifs is 6. The highest BCUT2D eigenvalue weighted by atomic mass is 15.0. The Morgan fingerprint density at radius 2 is 0.962 bits per heavy atom. The highest BCUT2D eigenvalue weighted by Gasteiger charge is 2.36. The Balaban J connectivity index is 1.29. The van der Waals surface area contributed by atoms with Gasteiger partial charge in [0.15, 0.2) is 17.5 Å². The summed E-state index contributed by atoms with van der Waals surface area (Å²) in [4.78, 5) is 15.4. The molecular weight excluding hydrogens is 633 g/mol. The maximum absolute atomic E-state index is 5.19. The van der Waals surface area contributed by atoms with Crippen molar-refractivity contribution in [2.24, 2.45) is 0 Å². The smallest absolute Gasteiger partial charge is 0.164 e. The van der Waals surface area contributed by atoms with Crippen molar-refractivity contribution < 1.29 is 0 Å². The molecule has 0 atom stereocenters. The normalized spacial score (nSPS) is 13.0. The minimum absolute atomic E-state index is 0.127. The van der Waals surface area contributed by atoms with Gasteiger partial charge in [0, 0.05) is 38.4 Å². The predicted molar refractivity (Wildman–Crippen MR) is 213 cm³/mol. The van der Waals surface area contributed by atoms with Gasteiger partial charge >= 0.3 is 0 Å². The van der Waals surface area contributed by atoms with Crippen LogP contribution < -0.4 is 0 Å². The molecule has 0 spiro atoms. The predicted octanol–water partition coefficient (Wildman–Crippen LogP) is 11.9. The van der Waals surface area contributed by atoms with Crippen LogP contribution in [0.25, 0.3) is 83.9 Å². The molecule has 0 saturated carbocycles. The van der Waals surface area contributed by atoms with Crippen molar-refractivity contribution in [3.63, 3.8) is 0 Å². The Bertz CT molecular complexity index is 2740. The number of aromatic nitrogens is 4. The van der Waals surface area contributed by atoms with Crippen molar-refractivity contribution in [1.82, 2.24) is 19.5 Å². The number of para-hydroxylation sites is 1. The van der Waals surface area contributed by atoms with Crippen LogP contribution in [0.3, 0.4) is 0 Å². The van der Waals surface area contributed by atoms with E-state index in [4.69, 9.17) is 15.0 Å². The Morgan fingerprint density at radius 1 is 0.404 bits per heavy atom. The molecule has 0 amide bonds. The zero-order chi connectivity index (χ0) is 34.8. The summed E-state index contributed by atoms with van der Waals surface area (Å²) < 4.78 is 2.45. The number of hydrogen-bond donors (Lipinski definition) is 0. The third-order valence-electron chi connectivity index (χ3n) is 10.7. The molecule has 246 valence electrons. The molecule has 1 aliphatic carbocycles. The van der Waals surface area contributed by atoms with E-state index in [0.29, 0.717) is 17.5 Å². The van der Waals surface area contributed by atoms with Crippen LogP contribution in [0.4, 0.5) is 0 Å². The summed E-state index contributed by atoms with van der Waals surface area (Å²) >= 11 is 0. The van der Waals surface area contributed by atoms with E-state index in [1.165, 1.54) is 38.5 Å². The van der Waals surface area contributed by atoms with Gasteiger partial charge < -0.3 is 4.57 Å². The van der Waals surface area contributed by atoms with E-state index in [0.717, 1.165) is 39.0 Å². The van der Waals surface area contributed by atoms with Gasteiger partial charge in [-0.05, 0) is 52.1 Å². The molecule has 9 aromatic rings. The average Bonchev–Trinajstić information content (AvgIpc) is 3.65. The standard InChI is InChI=1S/C48H34N4/c1-48(2)39-26-14-12-23-34(39)37-29-38-35-24-13-15-27-41(35)52(43(38)30-40(37)48)42-28-16-25-36(44(42)31-17-6-3-7-18-31)47-50-45(32-19-8-4-9-20-32)49-46(51-47)33-21-10-5-11-22-33/h3-30H,1-2H3. The third kappa shape index (κ3) is 4.65. The number of benzene rings is 7. The Hall–Kier alpha value is -6.65. The lowest BCUT2D eigenvalue weighted by molar-refractivity contribution is 0.661. The molecule has 1 aliphatic rings. The van der Waals surface area contributed by atoms with E-state index in [1.54, 1.807) is 0 Å². The summed E-state index contributed by atoms with van der Waals surface area (Å²) in [5.74, 6) is 1.91. The summed E-state index contributed by atoms with van der Waals surface area (Å²) in [7, 11) is 0. The van der Waals surface area contributed by atoms with Crippen LogP contribution in [-0.2, 0) is 5.41 Å². The molecule has 52 heavy (non-hydrogen) atoms. The van der Waals surface area contributed by atoms with Crippen LogP contribution >= 0.6 is 0 Å². The van der Waals surface area contributed by atoms with E-state index < -0.39 is 0 Å². The molecule has 0 N–H and O–H groups in total. The first-order valence-corrected chi connectivity index (χ1v) is 17.8. The first-order chi connectivity index (χ1) is 25.6. The lowest BCUT2D eigenvalue weighted by atomic mass is 9.82. The van der Waals surface area contributed by atoms with Crippen molar-refractivity contribution >= 4 is 21.8 Å². The fourth-order valence-electron chi connectivity index (χ4n) is 8.17. The highest BCUT2D eigenvalue weighted by Crippen LogP contribution is 2.51. The SMILES string of the molecule is CC1(C)c2ccccc2-c2cc3c4ccccc4n(-c4cccc(-c5nc(-c6ccccc6)nc(-c6ccccc6)n5)c4-c4ccccc4)c3cc21. The van der Waals surface area contributed by atoms with E-state index in [-0.39, 0.29) is 5.41 Å². The summed E-state index contributed by atoms with van der Waals surface area (Å²) in [6.45, 7) is 4.70. The minimum Gasteiger partial charge on any atom is -0.309 e. The molecule has 0 fully saturated rings. The van der Waals surface area contributed by atoms with Crippen molar-refractivity contribution in [3.05, 3.63) is 181 Å². The summed E-state index contributed by atoms with van der Waals surface area (Å²) in [6.07, 6.45) is 0.